The first-order valence-corrected chi connectivity index (χ1v) is 6.42. The number of piperidine rings is 1. The van der Waals surface area contributed by atoms with E-state index in [4.69, 9.17) is 0 Å². The Balaban J connectivity index is 2.39. The van der Waals surface area contributed by atoms with Crippen molar-refractivity contribution in [3.05, 3.63) is 0 Å². The molecular weight excluding hydrogens is 184 g/mol. The summed E-state index contributed by atoms with van der Waals surface area (Å²) in [6.07, 6.45) is 1.36. The highest BCUT2D eigenvalue weighted by Gasteiger charge is 2.26. The second-order valence-electron chi connectivity index (χ2n) is 5.89. The van der Waals surface area contributed by atoms with Crippen molar-refractivity contribution in [2.75, 3.05) is 26.2 Å². The first kappa shape index (κ1) is 13.0. The topological polar surface area (TPSA) is 15.3 Å². The van der Waals surface area contributed by atoms with Gasteiger partial charge in [-0.15, -0.1) is 0 Å². The number of nitrogens with zero attached hydrogens (tertiary/aromatic N) is 1. The Morgan fingerprint density at radius 2 is 1.93 bits per heavy atom. The molecule has 0 aliphatic carbocycles. The standard InChI is InChI=1S/C13H28N2/c1-6-14-13(4,5)10-15-8-7-11(2)12(3)9-15/h11-12,14H,6-10H2,1-5H3. The first-order valence-electron chi connectivity index (χ1n) is 6.42. The molecule has 0 saturated carbocycles. The minimum absolute atomic E-state index is 0.259. The maximum Gasteiger partial charge on any atom is 0.0252 e. The normalized spacial score (nSPS) is 29.4. The average molecular weight is 212 g/mol. The summed E-state index contributed by atoms with van der Waals surface area (Å²) in [6.45, 7) is 16.4. The van der Waals surface area contributed by atoms with Crippen molar-refractivity contribution < 1.29 is 0 Å². The number of likely N-dealkylation sites (tertiary alicyclic amines) is 1. The van der Waals surface area contributed by atoms with Gasteiger partial charge in [-0.3, -0.25) is 0 Å². The van der Waals surface area contributed by atoms with Gasteiger partial charge in [-0.25, -0.2) is 0 Å². The van der Waals surface area contributed by atoms with E-state index in [0.29, 0.717) is 0 Å². The Morgan fingerprint density at radius 1 is 1.27 bits per heavy atom. The zero-order chi connectivity index (χ0) is 11.5. The molecule has 0 aromatic rings. The molecule has 1 rings (SSSR count). The zero-order valence-corrected chi connectivity index (χ0v) is 11.1. The van der Waals surface area contributed by atoms with Gasteiger partial charge < -0.3 is 10.2 Å². The van der Waals surface area contributed by atoms with Crippen LogP contribution in [0.5, 0.6) is 0 Å². The number of rotatable bonds is 4. The van der Waals surface area contributed by atoms with Crippen LogP contribution in [-0.2, 0) is 0 Å². The summed E-state index contributed by atoms with van der Waals surface area (Å²) in [6, 6.07) is 0. The molecule has 1 aliphatic rings. The lowest BCUT2D eigenvalue weighted by Gasteiger charge is -2.40. The first-order chi connectivity index (χ1) is 6.94. The van der Waals surface area contributed by atoms with Crippen molar-refractivity contribution in [2.45, 2.75) is 46.6 Å². The molecule has 15 heavy (non-hydrogen) atoms. The third kappa shape index (κ3) is 4.12. The summed E-state index contributed by atoms with van der Waals surface area (Å²) in [7, 11) is 0. The van der Waals surface area contributed by atoms with Gasteiger partial charge in [0.2, 0.25) is 0 Å². The summed E-state index contributed by atoms with van der Waals surface area (Å²) in [4.78, 5) is 2.62. The molecule has 1 aliphatic heterocycles. The van der Waals surface area contributed by atoms with E-state index in [1.54, 1.807) is 0 Å². The SMILES string of the molecule is CCNC(C)(C)CN1CCC(C)C(C)C1. The number of hydrogen-bond donors (Lipinski definition) is 1. The van der Waals surface area contributed by atoms with Crippen LogP contribution in [0.4, 0.5) is 0 Å². The van der Waals surface area contributed by atoms with Gasteiger partial charge in [-0.05, 0) is 45.2 Å². The van der Waals surface area contributed by atoms with Gasteiger partial charge in [0.1, 0.15) is 0 Å². The molecule has 0 amide bonds. The van der Waals surface area contributed by atoms with E-state index in [2.05, 4.69) is 44.8 Å². The van der Waals surface area contributed by atoms with Crippen molar-refractivity contribution in [3.8, 4) is 0 Å². The van der Waals surface area contributed by atoms with Gasteiger partial charge in [0.25, 0.3) is 0 Å². The molecule has 0 radical (unpaired) electrons. The molecule has 90 valence electrons. The fraction of sp³-hybridized carbons (Fsp3) is 1.00. The molecule has 1 fully saturated rings. The molecular formula is C13H28N2. The molecule has 0 aromatic heterocycles. The maximum absolute atomic E-state index is 3.55. The Kier molecular flexibility index (Phi) is 4.60. The maximum atomic E-state index is 3.55. The second kappa shape index (κ2) is 5.31. The van der Waals surface area contributed by atoms with Gasteiger partial charge >= 0.3 is 0 Å². The summed E-state index contributed by atoms with van der Waals surface area (Å²) < 4.78 is 0. The Labute approximate surface area is 95.4 Å². The van der Waals surface area contributed by atoms with Crippen LogP contribution >= 0.6 is 0 Å². The van der Waals surface area contributed by atoms with E-state index in [9.17, 15) is 0 Å². The van der Waals surface area contributed by atoms with Crippen LogP contribution in [-0.4, -0.2) is 36.6 Å². The summed E-state index contributed by atoms with van der Waals surface area (Å²) in [5, 5.41) is 3.55. The fourth-order valence-corrected chi connectivity index (χ4v) is 2.59. The van der Waals surface area contributed by atoms with Gasteiger partial charge in [-0.1, -0.05) is 20.8 Å². The number of hydrogen-bond acceptors (Lipinski definition) is 2. The Bertz CT molecular complexity index is 189. The van der Waals surface area contributed by atoms with Gasteiger partial charge in [0, 0.05) is 18.6 Å². The lowest BCUT2D eigenvalue weighted by atomic mass is 9.88. The van der Waals surface area contributed by atoms with Crippen LogP contribution < -0.4 is 5.32 Å². The summed E-state index contributed by atoms with van der Waals surface area (Å²) in [5.41, 5.74) is 0.259. The minimum atomic E-state index is 0.259. The predicted molar refractivity (Wildman–Crippen MR) is 67.1 cm³/mol. The molecule has 0 aromatic carbocycles. The van der Waals surface area contributed by atoms with E-state index in [1.165, 1.54) is 26.1 Å². The third-order valence-corrected chi connectivity index (χ3v) is 3.69. The summed E-state index contributed by atoms with van der Waals surface area (Å²) >= 11 is 0. The lowest BCUT2D eigenvalue weighted by molar-refractivity contribution is 0.110. The smallest absolute Gasteiger partial charge is 0.0252 e. The Hall–Kier alpha value is -0.0800. The quantitative estimate of drug-likeness (QED) is 0.769. The van der Waals surface area contributed by atoms with Gasteiger partial charge in [-0.2, -0.15) is 0 Å². The highest BCUT2D eigenvalue weighted by atomic mass is 15.2. The molecule has 1 heterocycles. The average Bonchev–Trinajstić information content (AvgIpc) is 2.10. The monoisotopic (exact) mass is 212 g/mol. The van der Waals surface area contributed by atoms with E-state index < -0.39 is 0 Å². The van der Waals surface area contributed by atoms with E-state index in [1.807, 2.05) is 0 Å². The zero-order valence-electron chi connectivity index (χ0n) is 11.1. The highest BCUT2D eigenvalue weighted by Crippen LogP contribution is 2.23. The van der Waals surface area contributed by atoms with Crippen molar-refractivity contribution in [2.24, 2.45) is 11.8 Å². The van der Waals surface area contributed by atoms with Gasteiger partial charge in [0.05, 0.1) is 0 Å². The van der Waals surface area contributed by atoms with Crippen LogP contribution in [0.15, 0.2) is 0 Å². The van der Waals surface area contributed by atoms with Crippen molar-refractivity contribution in [1.29, 1.82) is 0 Å². The largest absolute Gasteiger partial charge is 0.311 e. The molecule has 2 atom stereocenters. The van der Waals surface area contributed by atoms with E-state index in [-0.39, 0.29) is 5.54 Å². The number of nitrogens with one attached hydrogen (secondary N) is 1. The molecule has 1 saturated heterocycles. The molecule has 1 N–H and O–H groups in total. The van der Waals surface area contributed by atoms with Crippen LogP contribution in [0, 0.1) is 11.8 Å². The van der Waals surface area contributed by atoms with Crippen LogP contribution in [0.1, 0.15) is 41.0 Å². The van der Waals surface area contributed by atoms with Crippen molar-refractivity contribution in [1.82, 2.24) is 10.2 Å². The molecule has 2 nitrogen and oxygen atoms in total. The highest BCUT2D eigenvalue weighted by molar-refractivity contribution is 4.84. The molecule has 0 spiro atoms. The number of likely N-dealkylation sites (N-methyl/N-ethyl adjacent to an activating group) is 1. The molecule has 2 unspecified atom stereocenters. The third-order valence-electron chi connectivity index (χ3n) is 3.69. The minimum Gasteiger partial charge on any atom is -0.311 e. The van der Waals surface area contributed by atoms with Crippen LogP contribution in [0.2, 0.25) is 0 Å². The van der Waals surface area contributed by atoms with Gasteiger partial charge in [0.15, 0.2) is 0 Å². The molecule has 2 heteroatoms. The van der Waals surface area contributed by atoms with Crippen LogP contribution in [0.25, 0.3) is 0 Å². The van der Waals surface area contributed by atoms with Crippen LogP contribution in [0.3, 0.4) is 0 Å². The Morgan fingerprint density at radius 3 is 2.47 bits per heavy atom. The second-order valence-corrected chi connectivity index (χ2v) is 5.89. The molecule has 0 bridgehead atoms. The fourth-order valence-electron chi connectivity index (χ4n) is 2.59. The van der Waals surface area contributed by atoms with E-state index >= 15 is 0 Å². The lowest BCUT2D eigenvalue weighted by Crippen LogP contribution is -2.52. The predicted octanol–water partition coefficient (Wildman–Crippen LogP) is 2.35. The van der Waals surface area contributed by atoms with Crippen molar-refractivity contribution in [3.63, 3.8) is 0 Å². The van der Waals surface area contributed by atoms with Crippen molar-refractivity contribution >= 4 is 0 Å². The van der Waals surface area contributed by atoms with E-state index in [0.717, 1.165) is 18.4 Å². The summed E-state index contributed by atoms with van der Waals surface area (Å²) in [5.74, 6) is 1.76.